The number of guanidine groups is 1. The van der Waals surface area contributed by atoms with Crippen molar-refractivity contribution >= 4 is 66.6 Å². The van der Waals surface area contributed by atoms with E-state index in [-0.39, 0.29) is 50.1 Å². The zero-order chi connectivity index (χ0) is 37.3. The molecule has 5 rings (SSSR count). The highest BCUT2D eigenvalue weighted by Gasteiger charge is 2.43. The monoisotopic (exact) mass is 772 g/mol. The normalized spacial score (nSPS) is 19.4. The molecule has 2 aliphatic rings. The maximum absolute atomic E-state index is 14.4. The SMILES string of the molecule is CS(=O)(=O)N[C@H](CCC1CCCCC1)C(=O)N1C[C@H](OCc2ccc(Cl)cc2)C[C@H]1C(=O)C[C@@H](CCCN=C(N)N)C(=O)c1nc2ccccc2s1. The fourth-order valence-corrected chi connectivity index (χ4v) is 9.08. The van der Waals surface area contributed by atoms with E-state index in [4.69, 9.17) is 27.8 Å². The van der Waals surface area contributed by atoms with Gasteiger partial charge in [-0.2, -0.15) is 0 Å². The standard InChI is InChI=1S/C37H49ClN6O6S2/c1-52(48,49)43-30(18-15-24-8-3-2-4-9-24)36(47)44-22-28(50-23-25-13-16-27(38)17-14-25)21-31(44)32(45)20-26(10-7-19-41-37(39)40)34(46)35-42-29-11-5-6-12-33(29)51-35/h5-6,11-14,16-17,24,26,28,30-31,43H,2-4,7-10,15,18-23H2,1H3,(H4,39,40,41)/t26-,28-,30-,31+/m1/s1. The highest BCUT2D eigenvalue weighted by atomic mass is 35.5. The van der Waals surface area contributed by atoms with Crippen molar-refractivity contribution in [2.24, 2.45) is 28.3 Å². The maximum atomic E-state index is 14.4. The van der Waals surface area contributed by atoms with Crippen LogP contribution in [-0.2, 0) is 31.0 Å². The lowest BCUT2D eigenvalue weighted by atomic mass is 9.85. The van der Waals surface area contributed by atoms with Gasteiger partial charge in [0.25, 0.3) is 0 Å². The van der Waals surface area contributed by atoms with Gasteiger partial charge in [0.05, 0.1) is 35.2 Å². The number of aromatic nitrogens is 1. The number of sulfonamides is 1. The number of carbonyl (C=O) groups excluding carboxylic acids is 3. The minimum Gasteiger partial charge on any atom is -0.372 e. The summed E-state index contributed by atoms with van der Waals surface area (Å²) in [5, 5.41) is 0.905. The molecule has 1 aliphatic carbocycles. The number of ketones is 2. The second kappa shape index (κ2) is 18.6. The maximum Gasteiger partial charge on any atom is 0.241 e. The number of para-hydroxylation sites is 1. The number of aliphatic imine (C=N–C) groups is 1. The van der Waals surface area contributed by atoms with Gasteiger partial charge >= 0.3 is 0 Å². The van der Waals surface area contributed by atoms with Crippen LogP contribution in [-0.4, -0.2) is 79.3 Å². The number of nitrogens with zero attached hydrogens (tertiary/aromatic N) is 3. The van der Waals surface area contributed by atoms with E-state index in [0.29, 0.717) is 47.1 Å². The average Bonchev–Trinajstić information content (AvgIpc) is 3.75. The Bertz CT molecular complexity index is 1790. The molecule has 1 saturated carbocycles. The van der Waals surface area contributed by atoms with Gasteiger partial charge in [0.2, 0.25) is 15.9 Å². The number of carbonyl (C=O) groups is 3. The van der Waals surface area contributed by atoms with E-state index in [1.807, 2.05) is 36.4 Å². The Balaban J connectivity index is 1.38. The van der Waals surface area contributed by atoms with Crippen molar-refractivity contribution in [1.29, 1.82) is 0 Å². The number of rotatable bonds is 18. The summed E-state index contributed by atoms with van der Waals surface area (Å²) in [5.74, 6) is -1.38. The van der Waals surface area contributed by atoms with Crippen LogP contribution in [0, 0.1) is 11.8 Å². The highest BCUT2D eigenvalue weighted by molar-refractivity contribution is 7.88. The number of benzene rings is 2. The third-order valence-electron chi connectivity index (χ3n) is 9.89. The summed E-state index contributed by atoms with van der Waals surface area (Å²) in [7, 11) is -3.75. The van der Waals surface area contributed by atoms with E-state index >= 15 is 0 Å². The van der Waals surface area contributed by atoms with E-state index in [0.717, 1.165) is 42.2 Å². The summed E-state index contributed by atoms with van der Waals surface area (Å²) in [6.45, 7) is 0.630. The van der Waals surface area contributed by atoms with Crippen molar-refractivity contribution in [1.82, 2.24) is 14.6 Å². The molecular weight excluding hydrogens is 724 g/mol. The molecule has 0 bridgehead atoms. The summed E-state index contributed by atoms with van der Waals surface area (Å²) < 4.78 is 34.7. The molecule has 52 heavy (non-hydrogen) atoms. The van der Waals surface area contributed by atoms with Crippen molar-refractivity contribution in [3.63, 3.8) is 0 Å². The van der Waals surface area contributed by atoms with Crippen molar-refractivity contribution < 1.29 is 27.5 Å². The van der Waals surface area contributed by atoms with Crippen LogP contribution in [0.25, 0.3) is 10.2 Å². The Labute approximate surface area is 314 Å². The molecule has 1 aliphatic heterocycles. The zero-order valence-electron chi connectivity index (χ0n) is 29.5. The molecule has 0 spiro atoms. The Morgan fingerprint density at radius 1 is 1.08 bits per heavy atom. The lowest BCUT2D eigenvalue weighted by Gasteiger charge is -2.30. The first-order valence-corrected chi connectivity index (χ1v) is 21.1. The van der Waals surface area contributed by atoms with Gasteiger partial charge in [-0.15, -0.1) is 11.3 Å². The van der Waals surface area contributed by atoms with E-state index in [1.54, 1.807) is 12.1 Å². The molecule has 3 aromatic rings. The lowest BCUT2D eigenvalue weighted by Crippen LogP contribution is -2.52. The van der Waals surface area contributed by atoms with Crippen LogP contribution in [0.5, 0.6) is 0 Å². The summed E-state index contributed by atoms with van der Waals surface area (Å²) in [4.78, 5) is 52.7. The van der Waals surface area contributed by atoms with E-state index in [2.05, 4.69) is 14.7 Å². The van der Waals surface area contributed by atoms with Crippen molar-refractivity contribution in [2.45, 2.75) is 95.4 Å². The Morgan fingerprint density at radius 2 is 1.81 bits per heavy atom. The van der Waals surface area contributed by atoms with Crippen LogP contribution in [0.15, 0.2) is 53.5 Å². The molecule has 2 fully saturated rings. The molecule has 4 atom stereocenters. The Kier molecular flexibility index (Phi) is 14.2. The van der Waals surface area contributed by atoms with Crippen LogP contribution in [0.4, 0.5) is 0 Å². The third-order valence-corrected chi connectivity index (χ3v) is 11.9. The third kappa shape index (κ3) is 11.5. The van der Waals surface area contributed by atoms with Gasteiger partial charge in [-0.3, -0.25) is 19.4 Å². The van der Waals surface area contributed by atoms with E-state index in [9.17, 15) is 22.8 Å². The molecule has 1 saturated heterocycles. The second-order valence-electron chi connectivity index (χ2n) is 14.0. The fourth-order valence-electron chi connectivity index (χ4n) is 7.23. The van der Waals surface area contributed by atoms with Crippen LogP contribution in [0.2, 0.25) is 5.02 Å². The molecule has 5 N–H and O–H groups in total. The predicted molar refractivity (Wildman–Crippen MR) is 205 cm³/mol. The van der Waals surface area contributed by atoms with Gasteiger partial charge in [0.1, 0.15) is 6.04 Å². The predicted octanol–water partition coefficient (Wildman–Crippen LogP) is 5.23. The van der Waals surface area contributed by atoms with Gasteiger partial charge in [-0.1, -0.05) is 68.0 Å². The number of Topliss-reactive ketones (excluding diaryl/α,β-unsaturated/α-hetero) is 2. The number of thiazole rings is 1. The molecule has 282 valence electrons. The summed E-state index contributed by atoms with van der Waals surface area (Å²) >= 11 is 7.34. The first kappa shape index (κ1) is 39.8. The number of fused-ring (bicyclic) bond motifs is 1. The minimum atomic E-state index is -3.75. The zero-order valence-corrected chi connectivity index (χ0v) is 31.9. The fraction of sp³-hybridized carbons (Fsp3) is 0.541. The number of halogens is 1. The van der Waals surface area contributed by atoms with Gasteiger partial charge in [0.15, 0.2) is 22.5 Å². The second-order valence-corrected chi connectivity index (χ2v) is 17.2. The molecule has 0 radical (unpaired) electrons. The Hall–Kier alpha value is -3.43. The summed E-state index contributed by atoms with van der Waals surface area (Å²) in [5.41, 5.74) is 12.6. The molecule has 2 heterocycles. The molecule has 12 nitrogen and oxygen atoms in total. The first-order chi connectivity index (χ1) is 24.9. The molecule has 1 amide bonds. The number of nitrogens with one attached hydrogen (secondary N) is 1. The number of hydrogen-bond acceptors (Lipinski definition) is 9. The van der Waals surface area contributed by atoms with Crippen molar-refractivity contribution in [3.8, 4) is 0 Å². The van der Waals surface area contributed by atoms with Crippen LogP contribution < -0.4 is 16.2 Å². The largest absolute Gasteiger partial charge is 0.372 e. The van der Waals surface area contributed by atoms with Crippen LogP contribution in [0.3, 0.4) is 0 Å². The molecular formula is C37H49ClN6O6S2. The molecule has 2 aromatic carbocycles. The van der Waals surface area contributed by atoms with Gasteiger partial charge in [-0.25, -0.2) is 18.1 Å². The molecule has 15 heteroatoms. The van der Waals surface area contributed by atoms with E-state index in [1.165, 1.54) is 22.7 Å². The minimum absolute atomic E-state index is 0.0596. The average molecular weight is 773 g/mol. The van der Waals surface area contributed by atoms with Gasteiger partial charge < -0.3 is 21.1 Å². The van der Waals surface area contributed by atoms with Crippen LogP contribution >= 0.6 is 22.9 Å². The summed E-state index contributed by atoms with van der Waals surface area (Å²) in [6.07, 6.45) is 7.98. The van der Waals surface area contributed by atoms with Gasteiger partial charge in [0, 0.05) is 36.9 Å². The smallest absolute Gasteiger partial charge is 0.241 e. The lowest BCUT2D eigenvalue weighted by molar-refractivity contribution is -0.139. The van der Waals surface area contributed by atoms with E-state index < -0.39 is 40.0 Å². The van der Waals surface area contributed by atoms with Crippen LogP contribution in [0.1, 0.15) is 86.0 Å². The quantitative estimate of drug-likeness (QED) is 0.0674. The van der Waals surface area contributed by atoms with Crippen molar-refractivity contribution in [3.05, 3.63) is 64.1 Å². The first-order valence-electron chi connectivity index (χ1n) is 18.0. The summed E-state index contributed by atoms with van der Waals surface area (Å²) in [6, 6.07) is 12.7. The molecule has 0 unspecified atom stereocenters. The number of ether oxygens (including phenoxy) is 1. The topological polar surface area (TPSA) is 187 Å². The number of amides is 1. The Morgan fingerprint density at radius 3 is 2.50 bits per heavy atom. The highest BCUT2D eigenvalue weighted by Crippen LogP contribution is 2.32. The van der Waals surface area contributed by atoms with Crippen molar-refractivity contribution in [2.75, 3.05) is 19.3 Å². The van der Waals surface area contributed by atoms with Gasteiger partial charge in [-0.05, 0) is 61.4 Å². The number of hydrogen-bond donors (Lipinski definition) is 3. The number of likely N-dealkylation sites (tertiary alicyclic amines) is 1. The number of nitrogens with two attached hydrogens (primary N) is 2. The molecule has 1 aromatic heterocycles.